The Morgan fingerprint density at radius 1 is 1.25 bits per heavy atom. The van der Waals surface area contributed by atoms with E-state index >= 15 is 0 Å². The third-order valence-corrected chi connectivity index (χ3v) is 4.22. The van der Waals surface area contributed by atoms with Gasteiger partial charge in [-0.2, -0.15) is 0 Å². The van der Waals surface area contributed by atoms with Crippen LogP contribution in [0.15, 0.2) is 18.3 Å². The summed E-state index contributed by atoms with van der Waals surface area (Å²) in [7, 11) is 0. The summed E-state index contributed by atoms with van der Waals surface area (Å²) in [6, 6.07) is 3.97. The molecule has 0 amide bonds. The monoisotopic (exact) mass is 236 g/mol. The van der Waals surface area contributed by atoms with Gasteiger partial charge in [0.05, 0.1) is 0 Å². The van der Waals surface area contributed by atoms with E-state index in [0.717, 1.165) is 18.4 Å². The third kappa shape index (κ3) is 2.09. The Morgan fingerprint density at radius 3 is 2.62 bits per heavy atom. The fourth-order valence-corrected chi connectivity index (χ4v) is 3.33. The Labute approximate surface area is 102 Å². The number of likely N-dealkylation sites (tertiary alicyclic amines) is 1. The van der Waals surface area contributed by atoms with Crippen molar-refractivity contribution in [2.24, 2.45) is 11.8 Å². The molecular weight excluding hydrogens is 220 g/mol. The molecule has 86 valence electrons. The van der Waals surface area contributed by atoms with E-state index in [1.165, 1.54) is 37.9 Å². The molecule has 1 aromatic heterocycles. The summed E-state index contributed by atoms with van der Waals surface area (Å²) >= 11 is 5.78. The van der Waals surface area contributed by atoms with E-state index in [1.54, 1.807) is 0 Å². The van der Waals surface area contributed by atoms with E-state index < -0.39 is 0 Å². The van der Waals surface area contributed by atoms with Crippen LogP contribution in [0.5, 0.6) is 0 Å². The average Bonchev–Trinajstić information content (AvgIpc) is 2.81. The first kappa shape index (κ1) is 10.5. The van der Waals surface area contributed by atoms with Crippen LogP contribution in [-0.4, -0.2) is 23.0 Å². The third-order valence-electron chi connectivity index (χ3n) is 4.00. The van der Waals surface area contributed by atoms with Gasteiger partial charge in [-0.15, -0.1) is 0 Å². The molecule has 3 rings (SSSR count). The van der Waals surface area contributed by atoms with Crippen LogP contribution in [0.2, 0.25) is 5.15 Å². The summed E-state index contributed by atoms with van der Waals surface area (Å²) in [5, 5.41) is 0.585. The highest BCUT2D eigenvalue weighted by atomic mass is 35.5. The molecule has 1 saturated carbocycles. The first-order valence-corrected chi connectivity index (χ1v) is 6.52. The van der Waals surface area contributed by atoms with Gasteiger partial charge in [-0.05, 0) is 36.3 Å². The van der Waals surface area contributed by atoms with Gasteiger partial charge in [0.15, 0.2) is 0 Å². The van der Waals surface area contributed by atoms with E-state index in [2.05, 4.69) is 16.0 Å². The van der Waals surface area contributed by atoms with E-state index in [-0.39, 0.29) is 0 Å². The molecule has 2 nitrogen and oxygen atoms in total. The van der Waals surface area contributed by atoms with E-state index in [1.807, 2.05) is 12.3 Å². The Hall–Kier alpha value is -0.600. The molecule has 1 saturated heterocycles. The number of nitrogens with zero attached hydrogens (tertiary/aromatic N) is 2. The van der Waals surface area contributed by atoms with Crippen molar-refractivity contribution in [3.8, 4) is 0 Å². The van der Waals surface area contributed by atoms with Crippen LogP contribution >= 0.6 is 11.6 Å². The van der Waals surface area contributed by atoms with Gasteiger partial charge < -0.3 is 0 Å². The number of rotatable bonds is 2. The minimum Gasteiger partial charge on any atom is -0.298 e. The molecule has 0 aromatic carbocycles. The molecule has 0 spiro atoms. The summed E-state index contributed by atoms with van der Waals surface area (Å²) in [5.41, 5.74) is 1.28. The molecule has 1 aromatic rings. The summed E-state index contributed by atoms with van der Waals surface area (Å²) in [4.78, 5) is 6.70. The molecule has 1 aliphatic heterocycles. The Bertz CT molecular complexity index is 351. The second-order valence-corrected chi connectivity index (χ2v) is 5.52. The van der Waals surface area contributed by atoms with Crippen molar-refractivity contribution < 1.29 is 0 Å². The van der Waals surface area contributed by atoms with Gasteiger partial charge in [0.25, 0.3) is 0 Å². The number of pyridine rings is 1. The normalized spacial score (nSPS) is 29.6. The Morgan fingerprint density at radius 2 is 2.00 bits per heavy atom. The lowest BCUT2D eigenvalue weighted by Gasteiger charge is -2.16. The van der Waals surface area contributed by atoms with Gasteiger partial charge in [0.1, 0.15) is 5.15 Å². The van der Waals surface area contributed by atoms with Crippen LogP contribution in [0.25, 0.3) is 0 Å². The average molecular weight is 237 g/mol. The van der Waals surface area contributed by atoms with Crippen LogP contribution in [0.1, 0.15) is 24.8 Å². The van der Waals surface area contributed by atoms with Crippen molar-refractivity contribution in [2.45, 2.75) is 25.8 Å². The standard InChI is InChI=1S/C13H17ClN2/c14-13-5-4-10(6-15-13)7-16-8-11-2-1-3-12(11)9-16/h4-6,11-12H,1-3,7-9H2. The Balaban J connectivity index is 1.62. The summed E-state index contributed by atoms with van der Waals surface area (Å²) in [6.45, 7) is 3.61. The number of hydrogen-bond donors (Lipinski definition) is 0. The molecule has 2 atom stereocenters. The smallest absolute Gasteiger partial charge is 0.129 e. The lowest BCUT2D eigenvalue weighted by Crippen LogP contribution is -2.21. The lowest BCUT2D eigenvalue weighted by molar-refractivity contribution is 0.303. The maximum atomic E-state index is 5.78. The van der Waals surface area contributed by atoms with E-state index in [0.29, 0.717) is 5.15 Å². The maximum absolute atomic E-state index is 5.78. The van der Waals surface area contributed by atoms with E-state index in [4.69, 9.17) is 11.6 Å². The van der Waals surface area contributed by atoms with Gasteiger partial charge in [-0.25, -0.2) is 4.98 Å². The molecule has 1 aliphatic carbocycles. The van der Waals surface area contributed by atoms with Gasteiger partial charge >= 0.3 is 0 Å². The molecule has 2 fully saturated rings. The van der Waals surface area contributed by atoms with Gasteiger partial charge in [0.2, 0.25) is 0 Å². The van der Waals surface area contributed by atoms with Crippen molar-refractivity contribution in [3.63, 3.8) is 0 Å². The van der Waals surface area contributed by atoms with Crippen molar-refractivity contribution >= 4 is 11.6 Å². The predicted molar refractivity (Wildman–Crippen MR) is 65.4 cm³/mol. The first-order chi connectivity index (χ1) is 7.81. The zero-order valence-corrected chi connectivity index (χ0v) is 10.2. The molecule has 0 N–H and O–H groups in total. The Kier molecular flexibility index (Phi) is 2.86. The molecule has 3 heteroatoms. The molecule has 0 bridgehead atoms. The fraction of sp³-hybridized carbons (Fsp3) is 0.615. The van der Waals surface area contributed by atoms with Gasteiger partial charge in [-0.3, -0.25) is 4.90 Å². The topological polar surface area (TPSA) is 16.1 Å². The first-order valence-electron chi connectivity index (χ1n) is 6.14. The predicted octanol–water partition coefficient (Wildman–Crippen LogP) is 2.97. The number of aromatic nitrogens is 1. The highest BCUT2D eigenvalue weighted by Crippen LogP contribution is 2.38. The number of halogens is 1. The summed E-state index contributed by atoms with van der Waals surface area (Å²) in [5.74, 6) is 1.94. The highest BCUT2D eigenvalue weighted by molar-refractivity contribution is 6.29. The SMILES string of the molecule is Clc1ccc(CN2CC3CCCC3C2)cn1. The molecule has 2 unspecified atom stereocenters. The fourth-order valence-electron chi connectivity index (χ4n) is 3.22. The van der Waals surface area contributed by atoms with E-state index in [9.17, 15) is 0 Å². The summed E-state index contributed by atoms with van der Waals surface area (Å²) < 4.78 is 0. The zero-order chi connectivity index (χ0) is 11.0. The lowest BCUT2D eigenvalue weighted by atomic mass is 10.0. The molecule has 0 radical (unpaired) electrons. The molecular formula is C13H17ClN2. The minimum absolute atomic E-state index is 0.585. The minimum atomic E-state index is 0.585. The van der Waals surface area contributed by atoms with Gasteiger partial charge in [0, 0.05) is 25.8 Å². The van der Waals surface area contributed by atoms with Crippen LogP contribution in [0.3, 0.4) is 0 Å². The van der Waals surface area contributed by atoms with Crippen molar-refractivity contribution in [3.05, 3.63) is 29.0 Å². The quantitative estimate of drug-likeness (QED) is 0.734. The van der Waals surface area contributed by atoms with Crippen LogP contribution in [-0.2, 0) is 6.54 Å². The zero-order valence-electron chi connectivity index (χ0n) is 9.40. The molecule has 2 heterocycles. The number of fused-ring (bicyclic) bond motifs is 1. The van der Waals surface area contributed by atoms with Crippen LogP contribution in [0, 0.1) is 11.8 Å². The number of hydrogen-bond acceptors (Lipinski definition) is 2. The van der Waals surface area contributed by atoms with Crippen molar-refractivity contribution in [1.29, 1.82) is 0 Å². The van der Waals surface area contributed by atoms with Crippen molar-refractivity contribution in [1.82, 2.24) is 9.88 Å². The van der Waals surface area contributed by atoms with Crippen LogP contribution in [0.4, 0.5) is 0 Å². The molecule has 2 aliphatic rings. The summed E-state index contributed by atoms with van der Waals surface area (Å²) in [6.07, 6.45) is 6.24. The molecule has 16 heavy (non-hydrogen) atoms. The highest BCUT2D eigenvalue weighted by Gasteiger charge is 2.35. The largest absolute Gasteiger partial charge is 0.298 e. The second kappa shape index (κ2) is 4.34. The van der Waals surface area contributed by atoms with Gasteiger partial charge in [-0.1, -0.05) is 24.1 Å². The second-order valence-electron chi connectivity index (χ2n) is 5.13. The van der Waals surface area contributed by atoms with Crippen LogP contribution < -0.4 is 0 Å². The maximum Gasteiger partial charge on any atom is 0.129 e. The van der Waals surface area contributed by atoms with Crippen molar-refractivity contribution in [2.75, 3.05) is 13.1 Å².